The molecule has 0 bridgehead atoms. The molecule has 5 heteroatoms. The molecule has 1 heterocycles. The first-order valence-corrected chi connectivity index (χ1v) is 7.71. The first kappa shape index (κ1) is 15.2. The molecule has 0 aliphatic carbocycles. The third-order valence-electron chi connectivity index (χ3n) is 3.54. The summed E-state index contributed by atoms with van der Waals surface area (Å²) in [6, 6.07) is 16.0. The lowest BCUT2D eigenvalue weighted by Gasteiger charge is -2.11. The standard InChI is InChI=1S/C18H20N4O/c1-13-7-9-14(10-8-13)20-18-21-16-6-3-2-5-15(16)17(22-18)19-11-4-12-23/h2-3,5-10,23H,4,11-12H2,1H3,(H2,19,20,21,22). The fourth-order valence-corrected chi connectivity index (χ4v) is 2.32. The summed E-state index contributed by atoms with van der Waals surface area (Å²) in [5.74, 6) is 1.33. The predicted octanol–water partition coefficient (Wildman–Crippen LogP) is 3.48. The number of aromatic nitrogens is 2. The summed E-state index contributed by atoms with van der Waals surface area (Å²) in [6.45, 7) is 2.88. The topological polar surface area (TPSA) is 70.1 Å². The van der Waals surface area contributed by atoms with Crippen molar-refractivity contribution in [2.45, 2.75) is 13.3 Å². The summed E-state index contributed by atoms with van der Waals surface area (Å²) in [5, 5.41) is 16.4. The summed E-state index contributed by atoms with van der Waals surface area (Å²) in [4.78, 5) is 9.15. The van der Waals surface area contributed by atoms with Crippen molar-refractivity contribution >= 4 is 28.4 Å². The predicted molar refractivity (Wildman–Crippen MR) is 94.2 cm³/mol. The molecule has 0 unspecified atom stereocenters. The van der Waals surface area contributed by atoms with Gasteiger partial charge >= 0.3 is 0 Å². The number of aliphatic hydroxyl groups excluding tert-OH is 1. The fourth-order valence-electron chi connectivity index (χ4n) is 2.32. The van der Waals surface area contributed by atoms with Gasteiger partial charge in [0.05, 0.1) is 5.52 Å². The van der Waals surface area contributed by atoms with Crippen LogP contribution in [0.3, 0.4) is 0 Å². The Morgan fingerprint density at radius 3 is 2.57 bits per heavy atom. The quantitative estimate of drug-likeness (QED) is 0.608. The van der Waals surface area contributed by atoms with Gasteiger partial charge in [-0.3, -0.25) is 0 Å². The average Bonchev–Trinajstić information content (AvgIpc) is 2.57. The van der Waals surface area contributed by atoms with Crippen LogP contribution in [0.25, 0.3) is 10.9 Å². The van der Waals surface area contributed by atoms with Crippen molar-refractivity contribution in [3.63, 3.8) is 0 Å². The smallest absolute Gasteiger partial charge is 0.229 e. The minimum Gasteiger partial charge on any atom is -0.396 e. The normalized spacial score (nSPS) is 10.7. The van der Waals surface area contributed by atoms with Crippen LogP contribution < -0.4 is 10.6 Å². The number of aliphatic hydroxyl groups is 1. The van der Waals surface area contributed by atoms with Crippen molar-refractivity contribution < 1.29 is 5.11 Å². The number of aryl methyl sites for hydroxylation is 1. The number of nitrogens with zero attached hydrogens (tertiary/aromatic N) is 2. The van der Waals surface area contributed by atoms with Crippen LogP contribution in [0.4, 0.5) is 17.5 Å². The zero-order valence-corrected chi connectivity index (χ0v) is 13.1. The van der Waals surface area contributed by atoms with Crippen LogP contribution in [0.1, 0.15) is 12.0 Å². The highest BCUT2D eigenvalue weighted by atomic mass is 16.3. The Morgan fingerprint density at radius 1 is 1.00 bits per heavy atom. The molecule has 0 atom stereocenters. The van der Waals surface area contributed by atoms with Gasteiger partial charge in [0.2, 0.25) is 5.95 Å². The lowest BCUT2D eigenvalue weighted by molar-refractivity contribution is 0.292. The Hall–Kier alpha value is -2.66. The van der Waals surface area contributed by atoms with Gasteiger partial charge in [-0.05, 0) is 37.6 Å². The van der Waals surface area contributed by atoms with E-state index in [1.54, 1.807) is 0 Å². The Balaban J connectivity index is 1.92. The van der Waals surface area contributed by atoms with E-state index in [0.717, 1.165) is 22.4 Å². The van der Waals surface area contributed by atoms with Gasteiger partial charge in [-0.25, -0.2) is 4.98 Å². The molecule has 5 nitrogen and oxygen atoms in total. The molecule has 0 aliphatic heterocycles. The van der Waals surface area contributed by atoms with E-state index >= 15 is 0 Å². The molecule has 0 aliphatic rings. The van der Waals surface area contributed by atoms with Crippen molar-refractivity contribution in [3.05, 3.63) is 54.1 Å². The van der Waals surface area contributed by atoms with Crippen LogP contribution in [0.2, 0.25) is 0 Å². The van der Waals surface area contributed by atoms with Gasteiger partial charge in [0.15, 0.2) is 0 Å². The number of rotatable bonds is 6. The Kier molecular flexibility index (Phi) is 4.68. The highest BCUT2D eigenvalue weighted by Gasteiger charge is 2.07. The molecule has 0 spiro atoms. The molecule has 23 heavy (non-hydrogen) atoms. The van der Waals surface area contributed by atoms with Crippen LogP contribution in [-0.2, 0) is 0 Å². The minimum atomic E-state index is 0.157. The third-order valence-corrected chi connectivity index (χ3v) is 3.54. The zero-order chi connectivity index (χ0) is 16.1. The molecule has 3 rings (SSSR count). The van der Waals surface area contributed by atoms with Crippen molar-refractivity contribution in [2.24, 2.45) is 0 Å². The van der Waals surface area contributed by atoms with E-state index in [2.05, 4.69) is 27.5 Å². The number of benzene rings is 2. The first-order valence-electron chi connectivity index (χ1n) is 7.71. The third kappa shape index (κ3) is 3.76. The lowest BCUT2D eigenvalue weighted by Crippen LogP contribution is -2.08. The summed E-state index contributed by atoms with van der Waals surface area (Å²) >= 11 is 0. The molecular weight excluding hydrogens is 288 g/mol. The fraction of sp³-hybridized carbons (Fsp3) is 0.222. The van der Waals surface area contributed by atoms with Gasteiger partial charge in [-0.15, -0.1) is 0 Å². The molecule has 2 aromatic carbocycles. The van der Waals surface area contributed by atoms with Crippen LogP contribution in [0, 0.1) is 6.92 Å². The average molecular weight is 308 g/mol. The van der Waals surface area contributed by atoms with Crippen LogP contribution in [0.15, 0.2) is 48.5 Å². The van der Waals surface area contributed by atoms with E-state index in [-0.39, 0.29) is 6.61 Å². The zero-order valence-electron chi connectivity index (χ0n) is 13.1. The highest BCUT2D eigenvalue weighted by Crippen LogP contribution is 2.23. The SMILES string of the molecule is Cc1ccc(Nc2nc(NCCCO)c3ccccc3n2)cc1. The van der Waals surface area contributed by atoms with Gasteiger partial charge in [0.25, 0.3) is 0 Å². The lowest BCUT2D eigenvalue weighted by atomic mass is 10.2. The molecule has 0 fully saturated rings. The van der Waals surface area contributed by atoms with Crippen LogP contribution in [-0.4, -0.2) is 28.2 Å². The van der Waals surface area contributed by atoms with Gasteiger partial charge in [0, 0.05) is 24.2 Å². The number of fused-ring (bicyclic) bond motifs is 1. The second kappa shape index (κ2) is 7.07. The number of nitrogens with one attached hydrogen (secondary N) is 2. The summed E-state index contributed by atoms with van der Waals surface area (Å²) in [5.41, 5.74) is 3.04. The largest absolute Gasteiger partial charge is 0.396 e. The van der Waals surface area contributed by atoms with Crippen molar-refractivity contribution in [2.75, 3.05) is 23.8 Å². The van der Waals surface area contributed by atoms with E-state index in [1.165, 1.54) is 5.56 Å². The van der Waals surface area contributed by atoms with E-state index < -0.39 is 0 Å². The molecule has 0 amide bonds. The Bertz CT molecular complexity index is 787. The van der Waals surface area contributed by atoms with Gasteiger partial charge < -0.3 is 15.7 Å². The first-order chi connectivity index (χ1) is 11.3. The van der Waals surface area contributed by atoms with E-state index in [0.29, 0.717) is 18.9 Å². The molecule has 118 valence electrons. The molecule has 1 aromatic heterocycles. The molecule has 3 N–H and O–H groups in total. The van der Waals surface area contributed by atoms with E-state index in [9.17, 15) is 0 Å². The highest BCUT2D eigenvalue weighted by molar-refractivity contribution is 5.90. The molecular formula is C18H20N4O. The number of para-hydroxylation sites is 1. The maximum absolute atomic E-state index is 8.94. The maximum Gasteiger partial charge on any atom is 0.229 e. The van der Waals surface area contributed by atoms with Gasteiger partial charge in [-0.2, -0.15) is 4.98 Å². The number of hydrogen-bond acceptors (Lipinski definition) is 5. The van der Waals surface area contributed by atoms with Gasteiger partial charge in [0.1, 0.15) is 5.82 Å². The molecule has 0 saturated carbocycles. The second-order valence-corrected chi connectivity index (χ2v) is 5.41. The second-order valence-electron chi connectivity index (χ2n) is 5.41. The van der Waals surface area contributed by atoms with Gasteiger partial charge in [-0.1, -0.05) is 29.8 Å². The Morgan fingerprint density at radius 2 is 1.78 bits per heavy atom. The van der Waals surface area contributed by atoms with Crippen molar-refractivity contribution in [1.29, 1.82) is 0 Å². The molecule has 0 saturated heterocycles. The maximum atomic E-state index is 8.94. The summed E-state index contributed by atoms with van der Waals surface area (Å²) < 4.78 is 0. The van der Waals surface area contributed by atoms with E-state index in [1.807, 2.05) is 48.5 Å². The molecule has 3 aromatic rings. The number of hydrogen-bond donors (Lipinski definition) is 3. The van der Waals surface area contributed by atoms with E-state index in [4.69, 9.17) is 5.11 Å². The van der Waals surface area contributed by atoms with Crippen molar-refractivity contribution in [3.8, 4) is 0 Å². The van der Waals surface area contributed by atoms with Crippen molar-refractivity contribution in [1.82, 2.24) is 9.97 Å². The number of anilines is 3. The Labute approximate surface area is 135 Å². The molecule has 0 radical (unpaired) electrons. The van der Waals surface area contributed by atoms with Crippen LogP contribution >= 0.6 is 0 Å². The summed E-state index contributed by atoms with van der Waals surface area (Å²) in [6.07, 6.45) is 0.680. The summed E-state index contributed by atoms with van der Waals surface area (Å²) in [7, 11) is 0. The van der Waals surface area contributed by atoms with Crippen LogP contribution in [0.5, 0.6) is 0 Å². The monoisotopic (exact) mass is 308 g/mol. The minimum absolute atomic E-state index is 0.157.